The highest BCUT2D eigenvalue weighted by atomic mass is 16.5. The van der Waals surface area contributed by atoms with Gasteiger partial charge >= 0.3 is 0 Å². The van der Waals surface area contributed by atoms with Crippen LogP contribution in [-0.4, -0.2) is 54.5 Å². The molecule has 2 amide bonds. The Bertz CT molecular complexity index is 522. The highest BCUT2D eigenvalue weighted by Crippen LogP contribution is 2.12. The number of aromatic nitrogens is 1. The van der Waals surface area contributed by atoms with Crippen molar-refractivity contribution in [1.82, 2.24) is 20.6 Å². The second-order valence-electron chi connectivity index (χ2n) is 4.66. The van der Waals surface area contributed by atoms with Crippen molar-refractivity contribution in [1.29, 1.82) is 0 Å². The summed E-state index contributed by atoms with van der Waals surface area (Å²) in [5, 5.41) is 2.63. The van der Waals surface area contributed by atoms with Crippen LogP contribution in [0.4, 0.5) is 0 Å². The van der Waals surface area contributed by atoms with Gasteiger partial charge < -0.3 is 10.1 Å². The number of nitrogen functional groups attached to an aromatic ring is 1. The minimum absolute atomic E-state index is 0.0921. The molecular weight excluding hydrogens is 274 g/mol. The predicted molar refractivity (Wildman–Crippen MR) is 75.0 cm³/mol. The molecule has 1 saturated heterocycles. The van der Waals surface area contributed by atoms with Crippen LogP contribution >= 0.6 is 0 Å². The van der Waals surface area contributed by atoms with Crippen LogP contribution in [0.5, 0.6) is 0 Å². The largest absolute Gasteiger partial charge is 0.378 e. The van der Waals surface area contributed by atoms with Gasteiger partial charge in [-0.25, -0.2) is 10.8 Å². The normalized spacial score (nSPS) is 19.0. The number of nitrogens with zero attached hydrogens (tertiary/aromatic N) is 2. The molecule has 1 unspecified atom stereocenters. The van der Waals surface area contributed by atoms with E-state index in [1.54, 1.807) is 19.2 Å². The maximum absolute atomic E-state index is 11.9. The van der Waals surface area contributed by atoms with Gasteiger partial charge in [-0.1, -0.05) is 6.07 Å². The van der Waals surface area contributed by atoms with Gasteiger partial charge in [0.05, 0.1) is 18.9 Å². The van der Waals surface area contributed by atoms with E-state index >= 15 is 0 Å². The molecule has 2 rings (SSSR count). The third-order valence-corrected chi connectivity index (χ3v) is 3.32. The van der Waals surface area contributed by atoms with Gasteiger partial charge in [0, 0.05) is 20.1 Å². The Balaban J connectivity index is 2.12. The van der Waals surface area contributed by atoms with E-state index in [-0.39, 0.29) is 17.6 Å². The summed E-state index contributed by atoms with van der Waals surface area (Å²) in [6.45, 7) is 2.01. The SMILES string of the molecule is CNC(=O)C1COCCN1Cc1cccc(C(=O)NN)n1. The van der Waals surface area contributed by atoms with Crippen molar-refractivity contribution < 1.29 is 14.3 Å². The Morgan fingerprint density at radius 2 is 2.33 bits per heavy atom. The van der Waals surface area contributed by atoms with E-state index in [1.807, 2.05) is 16.4 Å². The standard InChI is InChI=1S/C13H19N5O3/c1-15-13(20)11-8-21-6-5-18(11)7-9-3-2-4-10(16-9)12(19)17-14/h2-4,11H,5-8,14H2,1H3,(H,15,20)(H,17,19). The van der Waals surface area contributed by atoms with Crippen molar-refractivity contribution >= 4 is 11.8 Å². The number of carbonyl (C=O) groups excluding carboxylic acids is 2. The number of hydrogen-bond donors (Lipinski definition) is 3. The first kappa shape index (κ1) is 15.4. The molecular formula is C13H19N5O3. The second-order valence-corrected chi connectivity index (χ2v) is 4.66. The van der Waals surface area contributed by atoms with Crippen molar-refractivity contribution in [3.05, 3.63) is 29.6 Å². The number of pyridine rings is 1. The molecule has 0 saturated carbocycles. The third-order valence-electron chi connectivity index (χ3n) is 3.32. The first-order chi connectivity index (χ1) is 10.2. The smallest absolute Gasteiger partial charge is 0.283 e. The first-order valence-corrected chi connectivity index (χ1v) is 6.66. The number of hydrazine groups is 1. The summed E-state index contributed by atoms with van der Waals surface area (Å²) in [4.78, 5) is 29.6. The van der Waals surface area contributed by atoms with Crippen LogP contribution < -0.4 is 16.6 Å². The van der Waals surface area contributed by atoms with E-state index in [2.05, 4.69) is 10.3 Å². The highest BCUT2D eigenvalue weighted by molar-refractivity contribution is 5.91. The van der Waals surface area contributed by atoms with Gasteiger partial charge in [-0.05, 0) is 12.1 Å². The third kappa shape index (κ3) is 3.75. The molecule has 1 aliphatic rings. The van der Waals surface area contributed by atoms with Crippen molar-refractivity contribution in [3.8, 4) is 0 Å². The van der Waals surface area contributed by atoms with Crippen LogP contribution in [0.3, 0.4) is 0 Å². The van der Waals surface area contributed by atoms with Crippen molar-refractivity contribution in [2.75, 3.05) is 26.8 Å². The zero-order valence-corrected chi connectivity index (χ0v) is 11.8. The summed E-state index contributed by atoms with van der Waals surface area (Å²) in [6, 6.07) is 4.78. The average molecular weight is 293 g/mol. The van der Waals surface area contributed by atoms with Crippen LogP contribution in [0, 0.1) is 0 Å². The first-order valence-electron chi connectivity index (χ1n) is 6.66. The summed E-state index contributed by atoms with van der Waals surface area (Å²) in [6.07, 6.45) is 0. The van der Waals surface area contributed by atoms with E-state index in [9.17, 15) is 9.59 Å². The predicted octanol–water partition coefficient (Wildman–Crippen LogP) is -1.37. The van der Waals surface area contributed by atoms with Gasteiger partial charge in [0.1, 0.15) is 11.7 Å². The molecule has 0 aromatic carbocycles. The maximum Gasteiger partial charge on any atom is 0.283 e. The lowest BCUT2D eigenvalue weighted by atomic mass is 10.2. The van der Waals surface area contributed by atoms with Gasteiger partial charge in [0.2, 0.25) is 5.91 Å². The minimum Gasteiger partial charge on any atom is -0.378 e. The Hall–Kier alpha value is -2.03. The molecule has 21 heavy (non-hydrogen) atoms. The van der Waals surface area contributed by atoms with Crippen molar-refractivity contribution in [2.45, 2.75) is 12.6 Å². The molecule has 1 aromatic rings. The number of likely N-dealkylation sites (N-methyl/N-ethyl adjacent to an activating group) is 1. The Morgan fingerprint density at radius 1 is 1.52 bits per heavy atom. The molecule has 0 aliphatic carbocycles. The topological polar surface area (TPSA) is 110 Å². The summed E-state index contributed by atoms with van der Waals surface area (Å²) >= 11 is 0. The van der Waals surface area contributed by atoms with Gasteiger partial charge in [0.25, 0.3) is 5.91 Å². The Labute approximate surface area is 122 Å². The number of hydrogen-bond acceptors (Lipinski definition) is 6. The number of ether oxygens (including phenoxy) is 1. The lowest BCUT2D eigenvalue weighted by Gasteiger charge is -2.33. The van der Waals surface area contributed by atoms with E-state index < -0.39 is 5.91 Å². The maximum atomic E-state index is 11.9. The molecule has 1 aliphatic heterocycles. The van der Waals surface area contributed by atoms with Crippen LogP contribution in [0.1, 0.15) is 16.2 Å². The number of nitrogens with two attached hydrogens (primary N) is 1. The van der Waals surface area contributed by atoms with Gasteiger partial charge in [0.15, 0.2) is 0 Å². The van der Waals surface area contributed by atoms with E-state index in [4.69, 9.17) is 10.6 Å². The fraction of sp³-hybridized carbons (Fsp3) is 0.462. The Morgan fingerprint density at radius 3 is 3.05 bits per heavy atom. The molecule has 1 aromatic heterocycles. The molecule has 0 radical (unpaired) electrons. The number of carbonyl (C=O) groups is 2. The number of amides is 2. The van der Waals surface area contributed by atoms with E-state index in [1.165, 1.54) is 0 Å². The number of rotatable bonds is 4. The monoisotopic (exact) mass is 293 g/mol. The Kier molecular flexibility index (Phi) is 5.20. The van der Waals surface area contributed by atoms with Crippen molar-refractivity contribution in [3.63, 3.8) is 0 Å². The molecule has 4 N–H and O–H groups in total. The second kappa shape index (κ2) is 7.11. The highest BCUT2D eigenvalue weighted by Gasteiger charge is 2.29. The molecule has 1 atom stereocenters. The average Bonchev–Trinajstić information content (AvgIpc) is 2.54. The van der Waals surface area contributed by atoms with Gasteiger partial charge in [-0.2, -0.15) is 0 Å². The molecule has 2 heterocycles. The lowest BCUT2D eigenvalue weighted by Crippen LogP contribution is -2.52. The number of morpholine rings is 1. The zero-order valence-electron chi connectivity index (χ0n) is 11.8. The molecule has 0 bridgehead atoms. The molecule has 8 nitrogen and oxygen atoms in total. The molecule has 8 heteroatoms. The summed E-state index contributed by atoms with van der Waals surface area (Å²) in [5.74, 6) is 4.56. The molecule has 1 fully saturated rings. The zero-order chi connectivity index (χ0) is 15.2. The fourth-order valence-corrected chi connectivity index (χ4v) is 2.21. The van der Waals surface area contributed by atoms with Gasteiger partial charge in [-0.3, -0.25) is 19.9 Å². The summed E-state index contributed by atoms with van der Waals surface area (Å²) < 4.78 is 5.35. The van der Waals surface area contributed by atoms with E-state index in [0.29, 0.717) is 32.0 Å². The quantitative estimate of drug-likeness (QED) is 0.359. The van der Waals surface area contributed by atoms with Crippen LogP contribution in [0.25, 0.3) is 0 Å². The van der Waals surface area contributed by atoms with Crippen molar-refractivity contribution in [2.24, 2.45) is 5.84 Å². The van der Waals surface area contributed by atoms with E-state index in [0.717, 1.165) is 0 Å². The van der Waals surface area contributed by atoms with Crippen LogP contribution in [0.15, 0.2) is 18.2 Å². The van der Waals surface area contributed by atoms with Crippen LogP contribution in [-0.2, 0) is 16.1 Å². The van der Waals surface area contributed by atoms with Crippen LogP contribution in [0.2, 0.25) is 0 Å². The summed E-state index contributed by atoms with van der Waals surface area (Å²) in [7, 11) is 1.60. The summed E-state index contributed by atoms with van der Waals surface area (Å²) in [5.41, 5.74) is 3.00. The molecule has 0 spiro atoms. The fourth-order valence-electron chi connectivity index (χ4n) is 2.21. The lowest BCUT2D eigenvalue weighted by molar-refractivity contribution is -0.132. The minimum atomic E-state index is -0.443. The number of nitrogens with one attached hydrogen (secondary N) is 2. The molecule has 114 valence electrons. The van der Waals surface area contributed by atoms with Gasteiger partial charge in [-0.15, -0.1) is 0 Å².